The van der Waals surface area contributed by atoms with Crippen LogP contribution in [0, 0.1) is 0 Å². The van der Waals surface area contributed by atoms with Crippen LogP contribution in [-0.4, -0.2) is 19.2 Å². The summed E-state index contributed by atoms with van der Waals surface area (Å²) in [6.07, 6.45) is 0.926. The van der Waals surface area contributed by atoms with Gasteiger partial charge in [-0.15, -0.1) is 0 Å². The van der Waals surface area contributed by atoms with Crippen molar-refractivity contribution in [2.24, 2.45) is 5.11 Å². The number of rotatable bonds is 7. The number of benzene rings is 1. The van der Waals surface area contributed by atoms with Crippen LogP contribution in [-0.2, 0) is 5.54 Å². The summed E-state index contributed by atoms with van der Waals surface area (Å²) in [5.41, 5.74) is 9.06. The van der Waals surface area contributed by atoms with Gasteiger partial charge < -0.3 is 10.1 Å². The molecule has 0 saturated carbocycles. The molecule has 0 unspecified atom stereocenters. The fourth-order valence-electron chi connectivity index (χ4n) is 1.68. The quantitative estimate of drug-likeness (QED) is 0.464. The average Bonchev–Trinajstić information content (AvgIpc) is 2.39. The predicted octanol–water partition coefficient (Wildman–Crippen LogP) is 4.00. The Kier molecular flexibility index (Phi) is 5.43. The topological polar surface area (TPSA) is 70.0 Å². The van der Waals surface area contributed by atoms with Gasteiger partial charge in [-0.05, 0) is 50.5 Å². The second kappa shape index (κ2) is 6.64. The van der Waals surface area contributed by atoms with Crippen molar-refractivity contribution in [3.05, 3.63) is 40.3 Å². The lowest BCUT2D eigenvalue weighted by Gasteiger charge is -2.24. The van der Waals surface area contributed by atoms with Gasteiger partial charge in [0, 0.05) is 10.5 Å². The monoisotopic (exact) mass is 276 g/mol. The standard InChI is InChI=1S/C15H24N4O/c1-14(2,17-5)10-11-20-13-8-6-12(7-9-13)15(3,4)18-19-16/h6-9,17H,10-11H2,1-5H3. The van der Waals surface area contributed by atoms with Crippen molar-refractivity contribution in [3.8, 4) is 5.75 Å². The average molecular weight is 276 g/mol. The van der Waals surface area contributed by atoms with E-state index < -0.39 is 5.54 Å². The molecule has 0 aromatic heterocycles. The second-order valence-corrected chi connectivity index (χ2v) is 6.01. The Morgan fingerprint density at radius 3 is 2.30 bits per heavy atom. The molecule has 1 N–H and O–H groups in total. The van der Waals surface area contributed by atoms with E-state index in [9.17, 15) is 0 Å². The molecule has 0 spiro atoms. The van der Waals surface area contributed by atoms with Crippen molar-refractivity contribution in [2.75, 3.05) is 13.7 Å². The van der Waals surface area contributed by atoms with Crippen LogP contribution in [0.25, 0.3) is 10.4 Å². The maximum absolute atomic E-state index is 8.56. The van der Waals surface area contributed by atoms with Gasteiger partial charge in [-0.2, -0.15) is 0 Å². The largest absolute Gasteiger partial charge is 0.494 e. The van der Waals surface area contributed by atoms with Crippen LogP contribution in [0.2, 0.25) is 0 Å². The number of hydrogen-bond donors (Lipinski definition) is 1. The fraction of sp³-hybridized carbons (Fsp3) is 0.600. The number of nitrogens with one attached hydrogen (secondary N) is 1. The van der Waals surface area contributed by atoms with E-state index >= 15 is 0 Å². The van der Waals surface area contributed by atoms with Gasteiger partial charge >= 0.3 is 0 Å². The van der Waals surface area contributed by atoms with E-state index in [0.717, 1.165) is 17.7 Å². The highest BCUT2D eigenvalue weighted by atomic mass is 16.5. The molecule has 0 fully saturated rings. The van der Waals surface area contributed by atoms with Crippen molar-refractivity contribution in [2.45, 2.75) is 45.2 Å². The lowest BCUT2D eigenvalue weighted by Crippen LogP contribution is -2.37. The van der Waals surface area contributed by atoms with Gasteiger partial charge in [0.25, 0.3) is 0 Å². The van der Waals surface area contributed by atoms with Gasteiger partial charge in [-0.25, -0.2) is 0 Å². The highest BCUT2D eigenvalue weighted by molar-refractivity contribution is 5.31. The molecule has 0 saturated heterocycles. The summed E-state index contributed by atoms with van der Waals surface area (Å²) in [6.45, 7) is 8.71. The van der Waals surface area contributed by atoms with Crippen LogP contribution in [0.5, 0.6) is 5.75 Å². The molecule has 0 amide bonds. The van der Waals surface area contributed by atoms with Crippen LogP contribution < -0.4 is 10.1 Å². The van der Waals surface area contributed by atoms with E-state index in [1.807, 2.05) is 45.2 Å². The molecule has 5 heteroatoms. The molecule has 1 rings (SSSR count). The Labute approximate surface area is 121 Å². The highest BCUT2D eigenvalue weighted by Gasteiger charge is 2.18. The number of ether oxygens (including phenoxy) is 1. The molecule has 0 aliphatic rings. The Balaban J connectivity index is 2.62. The summed E-state index contributed by atoms with van der Waals surface area (Å²) in [5, 5.41) is 7.04. The third-order valence-electron chi connectivity index (χ3n) is 3.53. The zero-order chi connectivity index (χ0) is 15.2. The fourth-order valence-corrected chi connectivity index (χ4v) is 1.68. The third-order valence-corrected chi connectivity index (χ3v) is 3.53. The Hall–Kier alpha value is -1.71. The zero-order valence-electron chi connectivity index (χ0n) is 13.0. The smallest absolute Gasteiger partial charge is 0.119 e. The summed E-state index contributed by atoms with van der Waals surface area (Å²) < 4.78 is 5.73. The van der Waals surface area contributed by atoms with E-state index in [2.05, 4.69) is 29.2 Å². The van der Waals surface area contributed by atoms with Crippen molar-refractivity contribution >= 4 is 0 Å². The van der Waals surface area contributed by atoms with Crippen LogP contribution in [0.3, 0.4) is 0 Å². The molecule has 0 aliphatic carbocycles. The van der Waals surface area contributed by atoms with Crippen LogP contribution in [0.4, 0.5) is 0 Å². The number of hydrogen-bond acceptors (Lipinski definition) is 3. The molecule has 0 radical (unpaired) electrons. The van der Waals surface area contributed by atoms with Crippen LogP contribution in [0.15, 0.2) is 29.4 Å². The molecule has 0 atom stereocenters. The summed E-state index contributed by atoms with van der Waals surface area (Å²) in [5.74, 6) is 0.831. The number of azide groups is 1. The van der Waals surface area contributed by atoms with Gasteiger partial charge in [0.15, 0.2) is 0 Å². The summed E-state index contributed by atoms with van der Waals surface area (Å²) in [6, 6.07) is 7.70. The van der Waals surface area contributed by atoms with E-state index in [4.69, 9.17) is 10.3 Å². The third kappa shape index (κ3) is 4.76. The zero-order valence-corrected chi connectivity index (χ0v) is 13.0. The van der Waals surface area contributed by atoms with Crippen molar-refractivity contribution < 1.29 is 4.74 Å². The van der Waals surface area contributed by atoms with E-state index in [0.29, 0.717) is 6.61 Å². The van der Waals surface area contributed by atoms with E-state index in [1.54, 1.807) is 0 Å². The summed E-state index contributed by atoms with van der Waals surface area (Å²) in [4.78, 5) is 2.88. The minimum Gasteiger partial charge on any atom is -0.494 e. The minimum atomic E-state index is -0.540. The van der Waals surface area contributed by atoms with Crippen molar-refractivity contribution in [3.63, 3.8) is 0 Å². The molecule has 0 bridgehead atoms. The number of nitrogens with zero attached hydrogens (tertiary/aromatic N) is 3. The Morgan fingerprint density at radius 1 is 1.20 bits per heavy atom. The lowest BCUT2D eigenvalue weighted by molar-refractivity contribution is 0.256. The molecular formula is C15H24N4O. The molecule has 0 aliphatic heterocycles. The molecule has 20 heavy (non-hydrogen) atoms. The summed E-state index contributed by atoms with van der Waals surface area (Å²) in [7, 11) is 1.95. The maximum Gasteiger partial charge on any atom is 0.119 e. The van der Waals surface area contributed by atoms with Crippen molar-refractivity contribution in [1.29, 1.82) is 0 Å². The van der Waals surface area contributed by atoms with Crippen molar-refractivity contribution in [1.82, 2.24) is 5.32 Å². The maximum atomic E-state index is 8.56. The van der Waals surface area contributed by atoms with Gasteiger partial charge in [0.05, 0.1) is 12.1 Å². The highest BCUT2D eigenvalue weighted by Crippen LogP contribution is 2.26. The van der Waals surface area contributed by atoms with Crippen LogP contribution in [0.1, 0.15) is 39.7 Å². The molecular weight excluding hydrogens is 252 g/mol. The normalized spacial score (nSPS) is 11.8. The minimum absolute atomic E-state index is 0.0729. The molecule has 0 heterocycles. The van der Waals surface area contributed by atoms with E-state index in [1.165, 1.54) is 0 Å². The first-order valence-electron chi connectivity index (χ1n) is 6.79. The van der Waals surface area contributed by atoms with Gasteiger partial charge in [-0.3, -0.25) is 0 Å². The Morgan fingerprint density at radius 2 is 1.80 bits per heavy atom. The molecule has 110 valence electrons. The van der Waals surface area contributed by atoms with E-state index in [-0.39, 0.29) is 5.54 Å². The first-order valence-corrected chi connectivity index (χ1v) is 6.79. The molecule has 5 nitrogen and oxygen atoms in total. The van der Waals surface area contributed by atoms with Gasteiger partial charge in [-0.1, -0.05) is 31.1 Å². The van der Waals surface area contributed by atoms with Gasteiger partial charge in [0.1, 0.15) is 5.75 Å². The lowest BCUT2D eigenvalue weighted by atomic mass is 9.95. The SMILES string of the molecule is CNC(C)(C)CCOc1ccc(C(C)(C)N=[N+]=[N-])cc1. The summed E-state index contributed by atoms with van der Waals surface area (Å²) >= 11 is 0. The first kappa shape index (κ1) is 16.3. The predicted molar refractivity (Wildman–Crippen MR) is 81.9 cm³/mol. The second-order valence-electron chi connectivity index (χ2n) is 6.01. The van der Waals surface area contributed by atoms with Crippen LogP contribution >= 0.6 is 0 Å². The Bertz CT molecular complexity index is 473. The molecule has 1 aromatic rings. The molecule has 1 aromatic carbocycles. The van der Waals surface area contributed by atoms with Gasteiger partial charge in [0.2, 0.25) is 0 Å². The first-order chi connectivity index (χ1) is 9.30.